The fraction of sp³-hybridized carbons (Fsp3) is 0. The summed E-state index contributed by atoms with van der Waals surface area (Å²) >= 11 is 0. The molecule has 0 aliphatic rings. The first kappa shape index (κ1) is 18.3. The number of hydrogen-bond donors (Lipinski definition) is 2. The number of hydrogen-bond acceptors (Lipinski definition) is 5. The van der Waals surface area contributed by atoms with Crippen molar-refractivity contribution in [3.63, 3.8) is 0 Å². The van der Waals surface area contributed by atoms with Crippen LogP contribution in [0.15, 0.2) is 97.1 Å². The van der Waals surface area contributed by atoms with Gasteiger partial charge in [-0.2, -0.15) is 0 Å². The summed E-state index contributed by atoms with van der Waals surface area (Å²) in [6.45, 7) is 0. The summed E-state index contributed by atoms with van der Waals surface area (Å²) in [5.74, 6) is 3.07. The summed E-state index contributed by atoms with van der Waals surface area (Å²) in [5.41, 5.74) is 13.2. The average molecular weight is 384 g/mol. The maximum absolute atomic E-state index is 6.15. The number of nitrogen functional groups attached to an aromatic ring is 2. The Morgan fingerprint density at radius 2 is 0.828 bits per heavy atom. The van der Waals surface area contributed by atoms with Crippen molar-refractivity contribution in [2.45, 2.75) is 0 Å². The molecule has 4 aromatic carbocycles. The average Bonchev–Trinajstić information content (AvgIpc) is 2.74. The zero-order valence-corrected chi connectivity index (χ0v) is 15.6. The van der Waals surface area contributed by atoms with E-state index in [9.17, 15) is 0 Å². The van der Waals surface area contributed by atoms with Crippen LogP contribution in [0.3, 0.4) is 0 Å². The predicted molar refractivity (Wildman–Crippen MR) is 115 cm³/mol. The van der Waals surface area contributed by atoms with E-state index in [1.165, 1.54) is 0 Å². The molecule has 4 rings (SSSR count). The summed E-state index contributed by atoms with van der Waals surface area (Å²) in [5, 5.41) is 0. The summed E-state index contributed by atoms with van der Waals surface area (Å²) in [4.78, 5) is 0. The van der Waals surface area contributed by atoms with Crippen LogP contribution in [-0.4, -0.2) is 0 Å². The Morgan fingerprint density at radius 1 is 0.414 bits per heavy atom. The quantitative estimate of drug-likeness (QED) is 0.385. The number of anilines is 2. The molecule has 0 amide bonds. The van der Waals surface area contributed by atoms with Gasteiger partial charge in [0.05, 0.1) is 11.4 Å². The van der Waals surface area contributed by atoms with E-state index in [0.29, 0.717) is 45.9 Å². The van der Waals surface area contributed by atoms with Crippen LogP contribution >= 0.6 is 0 Å². The van der Waals surface area contributed by atoms with Crippen LogP contribution in [0.2, 0.25) is 0 Å². The smallest absolute Gasteiger partial charge is 0.192 e. The van der Waals surface area contributed by atoms with Crippen molar-refractivity contribution in [1.29, 1.82) is 0 Å². The Bertz CT molecular complexity index is 1010. The molecule has 0 aliphatic carbocycles. The highest BCUT2D eigenvalue weighted by Gasteiger charge is 2.16. The van der Waals surface area contributed by atoms with E-state index in [0.717, 1.165) is 0 Å². The van der Waals surface area contributed by atoms with Gasteiger partial charge in [0.2, 0.25) is 0 Å². The lowest BCUT2D eigenvalue weighted by Gasteiger charge is -2.17. The van der Waals surface area contributed by atoms with Gasteiger partial charge in [0.15, 0.2) is 23.0 Å². The van der Waals surface area contributed by atoms with Crippen LogP contribution in [0.1, 0.15) is 0 Å². The SMILES string of the molecule is Nc1cccc(Oc2cccc(N)c2Oc2ccccc2)c1Oc1ccccc1. The molecule has 0 heterocycles. The minimum absolute atomic E-state index is 0.423. The molecule has 0 aromatic heterocycles. The van der Waals surface area contributed by atoms with Crippen molar-refractivity contribution in [1.82, 2.24) is 0 Å². The molecule has 0 saturated heterocycles. The molecule has 144 valence electrons. The fourth-order valence-corrected chi connectivity index (χ4v) is 2.78. The van der Waals surface area contributed by atoms with E-state index in [1.807, 2.05) is 60.7 Å². The van der Waals surface area contributed by atoms with Gasteiger partial charge in [-0.25, -0.2) is 0 Å². The minimum atomic E-state index is 0.423. The monoisotopic (exact) mass is 384 g/mol. The van der Waals surface area contributed by atoms with Crippen LogP contribution in [0, 0.1) is 0 Å². The summed E-state index contributed by atoms with van der Waals surface area (Å²) < 4.78 is 18.1. The molecule has 0 atom stereocenters. The lowest BCUT2D eigenvalue weighted by atomic mass is 10.2. The molecule has 4 N–H and O–H groups in total. The number of benzene rings is 4. The van der Waals surface area contributed by atoms with Gasteiger partial charge in [0.25, 0.3) is 0 Å². The molecule has 5 heteroatoms. The highest BCUT2D eigenvalue weighted by Crippen LogP contribution is 2.44. The third-order valence-corrected chi connectivity index (χ3v) is 4.16. The Balaban J connectivity index is 1.68. The zero-order chi connectivity index (χ0) is 20.1. The first-order valence-corrected chi connectivity index (χ1v) is 9.11. The Morgan fingerprint density at radius 3 is 1.24 bits per heavy atom. The minimum Gasteiger partial charge on any atom is -0.451 e. The fourth-order valence-electron chi connectivity index (χ4n) is 2.78. The second-order valence-corrected chi connectivity index (χ2v) is 6.28. The highest BCUT2D eigenvalue weighted by molar-refractivity contribution is 5.66. The van der Waals surface area contributed by atoms with Crippen molar-refractivity contribution in [2.75, 3.05) is 11.5 Å². The predicted octanol–water partition coefficient (Wildman–Crippen LogP) is 6.23. The number of ether oxygens (including phenoxy) is 3. The zero-order valence-electron chi connectivity index (χ0n) is 15.6. The van der Waals surface area contributed by atoms with Gasteiger partial charge in [0.1, 0.15) is 11.5 Å². The molecule has 29 heavy (non-hydrogen) atoms. The first-order chi connectivity index (χ1) is 14.2. The van der Waals surface area contributed by atoms with E-state index < -0.39 is 0 Å². The molecule has 0 saturated carbocycles. The van der Waals surface area contributed by atoms with E-state index >= 15 is 0 Å². The molecule has 0 fully saturated rings. The van der Waals surface area contributed by atoms with Gasteiger partial charge in [0, 0.05) is 0 Å². The normalized spacial score (nSPS) is 10.3. The molecular formula is C24H20N2O3. The van der Waals surface area contributed by atoms with Crippen molar-refractivity contribution >= 4 is 11.4 Å². The van der Waals surface area contributed by atoms with Crippen LogP contribution in [-0.2, 0) is 0 Å². The maximum atomic E-state index is 6.15. The number of nitrogens with two attached hydrogens (primary N) is 2. The molecule has 0 unspecified atom stereocenters. The third kappa shape index (κ3) is 4.25. The summed E-state index contributed by atoms with van der Waals surface area (Å²) in [7, 11) is 0. The van der Waals surface area contributed by atoms with Gasteiger partial charge < -0.3 is 25.7 Å². The Kier molecular flexibility index (Phi) is 5.21. The molecule has 0 aliphatic heterocycles. The summed E-state index contributed by atoms with van der Waals surface area (Å²) in [6, 6.07) is 29.4. The largest absolute Gasteiger partial charge is 0.451 e. The van der Waals surface area contributed by atoms with Gasteiger partial charge in [-0.05, 0) is 48.5 Å². The number of para-hydroxylation sites is 4. The van der Waals surface area contributed by atoms with E-state index in [1.54, 1.807) is 36.4 Å². The molecule has 5 nitrogen and oxygen atoms in total. The van der Waals surface area contributed by atoms with E-state index in [2.05, 4.69) is 0 Å². The van der Waals surface area contributed by atoms with Crippen molar-refractivity contribution in [3.05, 3.63) is 97.1 Å². The second-order valence-electron chi connectivity index (χ2n) is 6.28. The molecule has 4 aromatic rings. The van der Waals surface area contributed by atoms with Crippen LogP contribution in [0.25, 0.3) is 0 Å². The van der Waals surface area contributed by atoms with Crippen molar-refractivity contribution in [2.24, 2.45) is 0 Å². The molecule has 0 radical (unpaired) electrons. The lowest BCUT2D eigenvalue weighted by molar-refractivity contribution is 0.396. The van der Waals surface area contributed by atoms with Crippen LogP contribution < -0.4 is 25.7 Å². The lowest BCUT2D eigenvalue weighted by Crippen LogP contribution is -1.98. The van der Waals surface area contributed by atoms with E-state index in [4.69, 9.17) is 25.7 Å². The van der Waals surface area contributed by atoms with Gasteiger partial charge >= 0.3 is 0 Å². The Hall–Kier alpha value is -4.12. The second kappa shape index (κ2) is 8.27. The van der Waals surface area contributed by atoms with E-state index in [-0.39, 0.29) is 0 Å². The van der Waals surface area contributed by atoms with Gasteiger partial charge in [-0.3, -0.25) is 0 Å². The molecule has 0 bridgehead atoms. The number of rotatable bonds is 6. The van der Waals surface area contributed by atoms with Crippen LogP contribution in [0.4, 0.5) is 11.4 Å². The topological polar surface area (TPSA) is 79.7 Å². The molecular weight excluding hydrogens is 364 g/mol. The van der Waals surface area contributed by atoms with Gasteiger partial charge in [-0.1, -0.05) is 48.5 Å². The van der Waals surface area contributed by atoms with Gasteiger partial charge in [-0.15, -0.1) is 0 Å². The maximum Gasteiger partial charge on any atom is 0.192 e. The van der Waals surface area contributed by atoms with Crippen LogP contribution in [0.5, 0.6) is 34.5 Å². The van der Waals surface area contributed by atoms with Crippen molar-refractivity contribution < 1.29 is 14.2 Å². The summed E-state index contributed by atoms with van der Waals surface area (Å²) in [6.07, 6.45) is 0. The van der Waals surface area contributed by atoms with Crippen molar-refractivity contribution in [3.8, 4) is 34.5 Å². The molecule has 0 spiro atoms. The highest BCUT2D eigenvalue weighted by atomic mass is 16.5. The standard InChI is InChI=1S/C24H20N2O3/c25-19-13-7-15-21(23(19)27-17-9-3-1-4-10-17)29-22-16-8-14-20(26)24(22)28-18-11-5-2-6-12-18/h1-16H,25-26H2. The first-order valence-electron chi connectivity index (χ1n) is 9.11. The Labute approximate surface area is 169 Å². The third-order valence-electron chi connectivity index (χ3n) is 4.16.